The molecule has 0 bridgehead atoms. The summed E-state index contributed by atoms with van der Waals surface area (Å²) in [5.74, 6) is 5.69. The van der Waals surface area contributed by atoms with Crippen LogP contribution >= 0.6 is 45.2 Å². The second kappa shape index (κ2) is 3.68. The Labute approximate surface area is 82.8 Å². The molecule has 2 unspecified atom stereocenters. The molecule has 0 aromatic carbocycles. The molecular weight excluding hydrogens is 342 g/mol. The first-order valence-corrected chi connectivity index (χ1v) is 5.49. The number of halogens is 2. The molecule has 2 N–H and O–H groups in total. The fourth-order valence-corrected chi connectivity index (χ4v) is 2.32. The van der Waals surface area contributed by atoms with Gasteiger partial charge in [0.2, 0.25) is 0 Å². The van der Waals surface area contributed by atoms with E-state index in [1.165, 1.54) is 12.8 Å². The lowest BCUT2D eigenvalue weighted by atomic mass is 10.2. The number of nitrogens with zero attached hydrogens (tertiary/aromatic N) is 1. The van der Waals surface area contributed by atoms with Gasteiger partial charge in [-0.15, -0.1) is 0 Å². The van der Waals surface area contributed by atoms with Gasteiger partial charge in [0.1, 0.15) is 0 Å². The van der Waals surface area contributed by atoms with Crippen molar-refractivity contribution in [2.45, 2.75) is 20.8 Å². The number of piperidine rings is 1. The molecule has 1 heterocycles. The van der Waals surface area contributed by atoms with E-state index < -0.39 is 0 Å². The molecule has 1 rings (SSSR count). The van der Waals surface area contributed by atoms with Crippen molar-refractivity contribution < 1.29 is 0 Å². The van der Waals surface area contributed by atoms with Gasteiger partial charge in [-0.3, -0.25) is 5.84 Å². The highest BCUT2D eigenvalue weighted by Crippen LogP contribution is 2.23. The van der Waals surface area contributed by atoms with Crippen molar-refractivity contribution in [3.63, 3.8) is 0 Å². The Hall–Kier alpha value is 1.38. The van der Waals surface area contributed by atoms with E-state index in [1.807, 2.05) is 5.01 Å². The molecule has 0 aliphatic carbocycles. The number of hydrogen-bond acceptors (Lipinski definition) is 2. The molecule has 0 aromatic rings. The minimum absolute atomic E-state index is 0.564. The summed E-state index contributed by atoms with van der Waals surface area (Å²) in [6.45, 7) is 1.05. The zero-order chi connectivity index (χ0) is 6.85. The summed E-state index contributed by atoms with van der Waals surface area (Å²) < 4.78 is 1.33. The van der Waals surface area contributed by atoms with Gasteiger partial charge in [0.25, 0.3) is 0 Å². The number of hydrazine groups is 1. The van der Waals surface area contributed by atoms with Gasteiger partial charge in [0, 0.05) is 10.5 Å². The largest absolute Gasteiger partial charge is 0.268 e. The van der Waals surface area contributed by atoms with Crippen LogP contribution in [0.5, 0.6) is 0 Å². The van der Waals surface area contributed by atoms with Gasteiger partial charge in [0.15, 0.2) is 0 Å². The average molecular weight is 352 g/mol. The molecule has 54 valence electrons. The predicted molar refractivity (Wildman–Crippen MR) is 55.7 cm³/mol. The van der Waals surface area contributed by atoms with Crippen LogP contribution < -0.4 is 5.84 Å². The fourth-order valence-electron chi connectivity index (χ4n) is 0.919. The summed E-state index contributed by atoms with van der Waals surface area (Å²) in [6, 6.07) is 0. The van der Waals surface area contributed by atoms with Crippen LogP contribution in [0.15, 0.2) is 0 Å². The summed E-state index contributed by atoms with van der Waals surface area (Å²) in [7, 11) is 0. The van der Waals surface area contributed by atoms with Crippen LogP contribution in [0.4, 0.5) is 0 Å². The number of alkyl halides is 2. The van der Waals surface area contributed by atoms with Gasteiger partial charge in [-0.05, 0) is 12.8 Å². The second-order valence-electron chi connectivity index (χ2n) is 2.31. The van der Waals surface area contributed by atoms with Crippen LogP contribution in [0.2, 0.25) is 0 Å². The van der Waals surface area contributed by atoms with E-state index in [0.717, 1.165) is 10.5 Å². The van der Waals surface area contributed by atoms with E-state index in [2.05, 4.69) is 45.2 Å². The first-order chi connectivity index (χ1) is 4.20. The van der Waals surface area contributed by atoms with E-state index in [0.29, 0.717) is 4.05 Å². The molecule has 0 spiro atoms. The molecule has 0 saturated carbocycles. The summed E-state index contributed by atoms with van der Waals surface area (Å²) in [4.78, 5) is 0. The van der Waals surface area contributed by atoms with Crippen molar-refractivity contribution in [3.05, 3.63) is 0 Å². The minimum Gasteiger partial charge on any atom is -0.268 e. The standard InChI is InChI=1S/C5H10I2N2/c6-4-1-2-5(7)9(8)3-4/h4-5H,1-3,8H2. The summed E-state index contributed by atoms with van der Waals surface area (Å²) in [5, 5.41) is 1.93. The van der Waals surface area contributed by atoms with E-state index >= 15 is 0 Å². The zero-order valence-corrected chi connectivity index (χ0v) is 9.37. The SMILES string of the molecule is NN1CC(I)CCC1I. The van der Waals surface area contributed by atoms with E-state index in [1.54, 1.807) is 0 Å². The van der Waals surface area contributed by atoms with Gasteiger partial charge in [-0.2, -0.15) is 0 Å². The Morgan fingerprint density at radius 1 is 1.33 bits per heavy atom. The van der Waals surface area contributed by atoms with Crippen molar-refractivity contribution in [1.29, 1.82) is 0 Å². The molecule has 1 fully saturated rings. The molecule has 2 atom stereocenters. The van der Waals surface area contributed by atoms with Gasteiger partial charge < -0.3 is 0 Å². The number of hydrogen-bond donors (Lipinski definition) is 1. The van der Waals surface area contributed by atoms with Gasteiger partial charge in [-0.25, -0.2) is 5.01 Å². The molecule has 1 aliphatic heterocycles. The van der Waals surface area contributed by atoms with Crippen LogP contribution in [0.3, 0.4) is 0 Å². The Kier molecular flexibility index (Phi) is 3.47. The zero-order valence-electron chi connectivity index (χ0n) is 5.06. The molecule has 1 saturated heterocycles. The van der Waals surface area contributed by atoms with Crippen molar-refractivity contribution in [3.8, 4) is 0 Å². The quantitative estimate of drug-likeness (QED) is 0.310. The lowest BCUT2D eigenvalue weighted by Crippen LogP contribution is -2.45. The summed E-state index contributed by atoms with van der Waals surface area (Å²) >= 11 is 4.85. The van der Waals surface area contributed by atoms with Crippen LogP contribution in [0.1, 0.15) is 12.8 Å². The number of nitrogens with two attached hydrogens (primary N) is 1. The highest BCUT2D eigenvalue weighted by Gasteiger charge is 2.21. The maximum Gasteiger partial charge on any atom is 0.0756 e. The molecule has 0 radical (unpaired) electrons. The molecule has 4 heteroatoms. The van der Waals surface area contributed by atoms with Crippen molar-refractivity contribution in [2.75, 3.05) is 6.54 Å². The maximum absolute atomic E-state index is 5.69. The third-order valence-electron chi connectivity index (χ3n) is 1.49. The monoisotopic (exact) mass is 352 g/mol. The average Bonchev–Trinajstić information content (AvgIpc) is 1.80. The number of rotatable bonds is 0. The third-order valence-corrected chi connectivity index (χ3v) is 3.84. The highest BCUT2D eigenvalue weighted by atomic mass is 127. The highest BCUT2D eigenvalue weighted by molar-refractivity contribution is 14.1. The lowest BCUT2D eigenvalue weighted by Gasteiger charge is -2.30. The van der Waals surface area contributed by atoms with Crippen molar-refractivity contribution >= 4 is 45.2 Å². The maximum atomic E-state index is 5.69. The first-order valence-electron chi connectivity index (χ1n) is 2.99. The van der Waals surface area contributed by atoms with Crippen LogP contribution in [0.25, 0.3) is 0 Å². The first kappa shape index (κ1) is 8.48. The third kappa shape index (κ3) is 2.47. The Balaban J connectivity index is 2.35. The second-order valence-corrected chi connectivity index (χ2v) is 5.51. The molecule has 0 amide bonds. The fraction of sp³-hybridized carbons (Fsp3) is 1.00. The van der Waals surface area contributed by atoms with Crippen LogP contribution in [-0.4, -0.2) is 19.5 Å². The Morgan fingerprint density at radius 3 is 2.44 bits per heavy atom. The topological polar surface area (TPSA) is 29.3 Å². The molecular formula is C5H10I2N2. The molecule has 9 heavy (non-hydrogen) atoms. The van der Waals surface area contributed by atoms with Gasteiger partial charge >= 0.3 is 0 Å². The van der Waals surface area contributed by atoms with Crippen molar-refractivity contribution in [1.82, 2.24) is 5.01 Å². The van der Waals surface area contributed by atoms with E-state index in [9.17, 15) is 0 Å². The normalized spacial score (nSPS) is 39.0. The smallest absolute Gasteiger partial charge is 0.0756 e. The van der Waals surface area contributed by atoms with Gasteiger partial charge in [0.05, 0.1) is 4.05 Å². The predicted octanol–water partition coefficient (Wildman–Crippen LogP) is 1.52. The molecule has 2 nitrogen and oxygen atoms in total. The Morgan fingerprint density at radius 2 is 2.00 bits per heavy atom. The molecule has 0 aromatic heterocycles. The van der Waals surface area contributed by atoms with Crippen molar-refractivity contribution in [2.24, 2.45) is 5.84 Å². The van der Waals surface area contributed by atoms with E-state index in [-0.39, 0.29) is 0 Å². The lowest BCUT2D eigenvalue weighted by molar-refractivity contribution is 0.231. The molecule has 1 aliphatic rings. The van der Waals surface area contributed by atoms with Crippen LogP contribution in [-0.2, 0) is 0 Å². The minimum atomic E-state index is 0.564. The summed E-state index contributed by atoms with van der Waals surface area (Å²) in [6.07, 6.45) is 2.56. The van der Waals surface area contributed by atoms with Gasteiger partial charge in [-0.1, -0.05) is 45.2 Å². The van der Waals surface area contributed by atoms with E-state index in [4.69, 9.17) is 5.84 Å². The Bertz CT molecular complexity index is 99.0. The summed E-state index contributed by atoms with van der Waals surface area (Å²) in [5.41, 5.74) is 0. The van der Waals surface area contributed by atoms with Crippen LogP contribution in [0, 0.1) is 0 Å².